The van der Waals surface area contributed by atoms with Crippen LogP contribution in [0.15, 0.2) is 30.6 Å². The van der Waals surface area contributed by atoms with E-state index in [0.29, 0.717) is 0 Å². The molecule has 0 aliphatic heterocycles. The summed E-state index contributed by atoms with van der Waals surface area (Å²) in [6.07, 6.45) is 1.61. The Hall–Kier alpha value is -2.10. The second-order valence-electron chi connectivity index (χ2n) is 4.88. The molecule has 1 heterocycles. The zero-order valence-corrected chi connectivity index (χ0v) is 12.6. The fraction of sp³-hybridized carbons (Fsp3) is 0.375. The van der Waals surface area contributed by atoms with Crippen LogP contribution in [0.5, 0.6) is 0 Å². The van der Waals surface area contributed by atoms with Crippen molar-refractivity contribution in [3.63, 3.8) is 0 Å². The van der Waals surface area contributed by atoms with E-state index in [2.05, 4.69) is 66.1 Å². The minimum Gasteiger partial charge on any atom is -0.357 e. The van der Waals surface area contributed by atoms with E-state index in [0.717, 1.165) is 30.4 Å². The standard InChI is InChI=1S/C16H22N4/c1-5-20(6-2)16-10-15(17-11-18-16)19-14-9-12(3)7-8-13(14)4/h7-11H,5-6H2,1-4H3,(H,17,18,19). The Balaban J connectivity index is 2.25. The Morgan fingerprint density at radius 2 is 1.80 bits per heavy atom. The van der Waals surface area contributed by atoms with Crippen molar-refractivity contribution in [1.82, 2.24) is 9.97 Å². The van der Waals surface area contributed by atoms with Crippen LogP contribution in [0.3, 0.4) is 0 Å². The van der Waals surface area contributed by atoms with Crippen molar-refractivity contribution in [2.75, 3.05) is 23.3 Å². The highest BCUT2D eigenvalue weighted by Gasteiger charge is 2.06. The van der Waals surface area contributed by atoms with Crippen molar-refractivity contribution in [3.05, 3.63) is 41.7 Å². The minimum atomic E-state index is 0.829. The van der Waals surface area contributed by atoms with Crippen molar-refractivity contribution < 1.29 is 0 Å². The summed E-state index contributed by atoms with van der Waals surface area (Å²) in [5.74, 6) is 1.79. The number of hydrogen-bond donors (Lipinski definition) is 1. The predicted octanol–water partition coefficient (Wildman–Crippen LogP) is 3.68. The van der Waals surface area contributed by atoms with Crippen molar-refractivity contribution in [3.8, 4) is 0 Å². The van der Waals surface area contributed by atoms with Crippen molar-refractivity contribution in [2.24, 2.45) is 0 Å². The number of aryl methyl sites for hydroxylation is 2. The topological polar surface area (TPSA) is 41.0 Å². The molecular formula is C16H22N4. The summed E-state index contributed by atoms with van der Waals surface area (Å²) in [4.78, 5) is 10.8. The lowest BCUT2D eigenvalue weighted by atomic mass is 10.1. The average molecular weight is 270 g/mol. The fourth-order valence-electron chi connectivity index (χ4n) is 2.14. The van der Waals surface area contributed by atoms with Crippen LogP contribution in [0.2, 0.25) is 0 Å². The number of anilines is 3. The van der Waals surface area contributed by atoms with Gasteiger partial charge in [-0.15, -0.1) is 0 Å². The van der Waals surface area contributed by atoms with E-state index in [9.17, 15) is 0 Å². The molecule has 4 nitrogen and oxygen atoms in total. The van der Waals surface area contributed by atoms with Crippen LogP contribution >= 0.6 is 0 Å². The number of nitrogens with zero attached hydrogens (tertiary/aromatic N) is 3. The van der Waals surface area contributed by atoms with Crippen LogP contribution in [0.1, 0.15) is 25.0 Å². The van der Waals surface area contributed by atoms with Gasteiger partial charge in [0.05, 0.1) is 0 Å². The van der Waals surface area contributed by atoms with E-state index < -0.39 is 0 Å². The molecule has 0 bridgehead atoms. The van der Waals surface area contributed by atoms with E-state index in [1.54, 1.807) is 6.33 Å². The van der Waals surface area contributed by atoms with Gasteiger partial charge in [-0.25, -0.2) is 9.97 Å². The van der Waals surface area contributed by atoms with Gasteiger partial charge in [0.1, 0.15) is 18.0 Å². The second-order valence-corrected chi connectivity index (χ2v) is 4.88. The first-order chi connectivity index (χ1) is 9.63. The molecule has 0 radical (unpaired) electrons. The van der Waals surface area contributed by atoms with Gasteiger partial charge in [0, 0.05) is 24.8 Å². The monoisotopic (exact) mass is 270 g/mol. The number of aromatic nitrogens is 2. The molecule has 1 N–H and O–H groups in total. The summed E-state index contributed by atoms with van der Waals surface area (Å²) in [7, 11) is 0. The molecule has 2 rings (SSSR count). The third-order valence-electron chi connectivity index (χ3n) is 3.40. The Bertz CT molecular complexity index is 576. The third-order valence-corrected chi connectivity index (χ3v) is 3.40. The average Bonchev–Trinajstić information content (AvgIpc) is 2.45. The highest BCUT2D eigenvalue weighted by Crippen LogP contribution is 2.22. The Labute approximate surface area is 120 Å². The van der Waals surface area contributed by atoms with E-state index in [1.165, 1.54) is 11.1 Å². The lowest BCUT2D eigenvalue weighted by Gasteiger charge is -2.20. The first kappa shape index (κ1) is 14.3. The molecule has 0 saturated carbocycles. The zero-order valence-electron chi connectivity index (χ0n) is 12.6. The molecule has 0 fully saturated rings. The van der Waals surface area contributed by atoms with Gasteiger partial charge in [-0.3, -0.25) is 0 Å². The number of benzene rings is 1. The largest absolute Gasteiger partial charge is 0.357 e. The van der Waals surface area contributed by atoms with Gasteiger partial charge in [0.15, 0.2) is 0 Å². The molecule has 0 saturated heterocycles. The van der Waals surface area contributed by atoms with Crippen LogP contribution in [0.4, 0.5) is 17.3 Å². The Kier molecular flexibility index (Phi) is 4.56. The van der Waals surface area contributed by atoms with Crippen LogP contribution in [0, 0.1) is 13.8 Å². The maximum atomic E-state index is 4.34. The Morgan fingerprint density at radius 3 is 2.50 bits per heavy atom. The summed E-state index contributed by atoms with van der Waals surface area (Å²) in [6, 6.07) is 8.36. The van der Waals surface area contributed by atoms with Gasteiger partial charge < -0.3 is 10.2 Å². The molecular weight excluding hydrogens is 248 g/mol. The van der Waals surface area contributed by atoms with E-state index in [-0.39, 0.29) is 0 Å². The highest BCUT2D eigenvalue weighted by molar-refractivity contribution is 5.63. The number of hydrogen-bond acceptors (Lipinski definition) is 4. The molecule has 0 spiro atoms. The molecule has 2 aromatic rings. The second kappa shape index (κ2) is 6.37. The van der Waals surface area contributed by atoms with Gasteiger partial charge in [-0.05, 0) is 44.9 Å². The van der Waals surface area contributed by atoms with Crippen molar-refractivity contribution >= 4 is 17.3 Å². The molecule has 106 valence electrons. The maximum Gasteiger partial charge on any atom is 0.135 e. The number of nitrogens with one attached hydrogen (secondary N) is 1. The Morgan fingerprint density at radius 1 is 1.05 bits per heavy atom. The maximum absolute atomic E-state index is 4.34. The highest BCUT2D eigenvalue weighted by atomic mass is 15.2. The first-order valence-electron chi connectivity index (χ1n) is 7.05. The molecule has 0 atom stereocenters. The van der Waals surface area contributed by atoms with Crippen LogP contribution in [0.25, 0.3) is 0 Å². The quantitative estimate of drug-likeness (QED) is 0.899. The molecule has 4 heteroatoms. The number of rotatable bonds is 5. The summed E-state index contributed by atoms with van der Waals surface area (Å²) in [5, 5.41) is 3.38. The summed E-state index contributed by atoms with van der Waals surface area (Å²) < 4.78 is 0. The minimum absolute atomic E-state index is 0.829. The van der Waals surface area contributed by atoms with Gasteiger partial charge in [-0.1, -0.05) is 12.1 Å². The first-order valence-corrected chi connectivity index (χ1v) is 7.05. The van der Waals surface area contributed by atoms with Crippen molar-refractivity contribution in [1.29, 1.82) is 0 Å². The predicted molar refractivity (Wildman–Crippen MR) is 84.8 cm³/mol. The van der Waals surface area contributed by atoms with Crippen LogP contribution in [-0.2, 0) is 0 Å². The molecule has 0 amide bonds. The normalized spacial score (nSPS) is 10.4. The van der Waals surface area contributed by atoms with E-state index in [4.69, 9.17) is 0 Å². The molecule has 20 heavy (non-hydrogen) atoms. The fourth-order valence-corrected chi connectivity index (χ4v) is 2.14. The van der Waals surface area contributed by atoms with E-state index in [1.807, 2.05) is 6.07 Å². The summed E-state index contributed by atoms with van der Waals surface area (Å²) in [5.41, 5.74) is 3.53. The SMILES string of the molecule is CCN(CC)c1cc(Nc2cc(C)ccc2C)ncn1. The van der Waals surface area contributed by atoms with Gasteiger partial charge in [-0.2, -0.15) is 0 Å². The molecule has 0 unspecified atom stereocenters. The molecule has 1 aromatic carbocycles. The van der Waals surface area contributed by atoms with Gasteiger partial charge in [0.2, 0.25) is 0 Å². The third kappa shape index (κ3) is 3.26. The van der Waals surface area contributed by atoms with E-state index >= 15 is 0 Å². The van der Waals surface area contributed by atoms with Crippen LogP contribution < -0.4 is 10.2 Å². The molecule has 1 aromatic heterocycles. The molecule has 0 aliphatic carbocycles. The lowest BCUT2D eigenvalue weighted by molar-refractivity contribution is 0.842. The smallest absolute Gasteiger partial charge is 0.135 e. The molecule has 0 aliphatic rings. The zero-order chi connectivity index (χ0) is 14.5. The van der Waals surface area contributed by atoms with Gasteiger partial charge in [0.25, 0.3) is 0 Å². The lowest BCUT2D eigenvalue weighted by Crippen LogP contribution is -2.23. The van der Waals surface area contributed by atoms with Crippen LogP contribution in [-0.4, -0.2) is 23.1 Å². The van der Waals surface area contributed by atoms with Crippen molar-refractivity contribution in [2.45, 2.75) is 27.7 Å². The summed E-state index contributed by atoms with van der Waals surface area (Å²) >= 11 is 0. The summed E-state index contributed by atoms with van der Waals surface area (Å²) in [6.45, 7) is 10.3. The van der Waals surface area contributed by atoms with Gasteiger partial charge >= 0.3 is 0 Å².